The van der Waals surface area contributed by atoms with E-state index in [4.69, 9.17) is 0 Å². The smallest absolute Gasteiger partial charge is 0.0837 e. The Morgan fingerprint density at radius 2 is 2.00 bits per heavy atom. The van der Waals surface area contributed by atoms with Gasteiger partial charge in [-0.2, -0.15) is 0 Å². The predicted octanol–water partition coefficient (Wildman–Crippen LogP) is 6.14. The summed E-state index contributed by atoms with van der Waals surface area (Å²) in [5.41, 5.74) is 6.79. The van der Waals surface area contributed by atoms with Crippen molar-refractivity contribution in [3.63, 3.8) is 0 Å². The number of fused-ring (bicyclic) bond motifs is 2. The molecule has 1 saturated heterocycles. The second kappa shape index (κ2) is 8.63. The number of rotatable bonds is 6. The number of nitrogens with one attached hydrogen (secondary N) is 2. The van der Waals surface area contributed by atoms with Crippen LogP contribution in [0.25, 0.3) is 31.6 Å². The van der Waals surface area contributed by atoms with Gasteiger partial charge in [-0.1, -0.05) is 24.3 Å². The molecule has 166 valence electrons. The van der Waals surface area contributed by atoms with E-state index in [1.165, 1.54) is 27.8 Å². The highest BCUT2D eigenvalue weighted by Crippen LogP contribution is 2.38. The number of hydrogen-bond donors (Lipinski definition) is 3. The molecule has 0 saturated carbocycles. The van der Waals surface area contributed by atoms with Crippen LogP contribution in [0.1, 0.15) is 18.4 Å². The van der Waals surface area contributed by atoms with E-state index in [9.17, 15) is 5.11 Å². The van der Waals surface area contributed by atoms with E-state index < -0.39 is 0 Å². The van der Waals surface area contributed by atoms with E-state index in [-0.39, 0.29) is 6.61 Å². The fourth-order valence-corrected chi connectivity index (χ4v) is 5.87. The number of pyridine rings is 1. The van der Waals surface area contributed by atoms with Crippen molar-refractivity contribution >= 4 is 43.8 Å². The predicted molar refractivity (Wildman–Crippen MR) is 137 cm³/mol. The third-order valence-corrected chi connectivity index (χ3v) is 7.78. The lowest BCUT2D eigenvalue weighted by molar-refractivity contribution is 0.153. The maximum Gasteiger partial charge on any atom is 0.0837 e. The van der Waals surface area contributed by atoms with Gasteiger partial charge in [0.1, 0.15) is 0 Å². The molecule has 5 nitrogen and oxygen atoms in total. The standard InChI is InChI=1S/C27H26N4OS/c32-17-22-2-1-13-31(22)16-18-3-5-19(6-4-18)26-15-25-27(33-26)24(10-12-29-25)30-21-7-8-23-20(14-21)9-11-28-23/h3-12,14-15,22,28,32H,1-2,13,16-17H2,(H,29,30). The molecule has 6 heteroatoms. The molecule has 0 spiro atoms. The highest BCUT2D eigenvalue weighted by Gasteiger charge is 2.23. The van der Waals surface area contributed by atoms with Crippen molar-refractivity contribution < 1.29 is 5.11 Å². The van der Waals surface area contributed by atoms with Gasteiger partial charge in [0.2, 0.25) is 0 Å². The Hall–Kier alpha value is -3.19. The van der Waals surface area contributed by atoms with Gasteiger partial charge in [-0.3, -0.25) is 9.88 Å². The van der Waals surface area contributed by atoms with Gasteiger partial charge in [-0.05, 0) is 66.9 Å². The van der Waals surface area contributed by atoms with Crippen molar-refractivity contribution in [1.82, 2.24) is 14.9 Å². The van der Waals surface area contributed by atoms with Gasteiger partial charge in [0, 0.05) is 46.4 Å². The summed E-state index contributed by atoms with van der Waals surface area (Å²) in [5, 5.41) is 14.4. The van der Waals surface area contributed by atoms with Crippen LogP contribution in [0.15, 0.2) is 73.1 Å². The van der Waals surface area contributed by atoms with Crippen molar-refractivity contribution in [3.8, 4) is 10.4 Å². The normalized spacial score (nSPS) is 16.7. The molecule has 3 aromatic heterocycles. The fourth-order valence-electron chi connectivity index (χ4n) is 4.78. The molecular weight excluding hydrogens is 428 g/mol. The van der Waals surface area contributed by atoms with Gasteiger partial charge < -0.3 is 15.4 Å². The first kappa shape index (κ1) is 20.4. The van der Waals surface area contributed by atoms with E-state index in [2.05, 4.69) is 74.8 Å². The Morgan fingerprint density at radius 3 is 2.88 bits per heavy atom. The molecule has 0 amide bonds. The lowest BCUT2D eigenvalue weighted by atomic mass is 10.1. The average Bonchev–Trinajstić information content (AvgIpc) is 3.59. The van der Waals surface area contributed by atoms with E-state index in [0.29, 0.717) is 6.04 Å². The lowest BCUT2D eigenvalue weighted by Gasteiger charge is -2.22. The molecule has 1 aliphatic rings. The summed E-state index contributed by atoms with van der Waals surface area (Å²) in [6, 6.07) is 21.8. The summed E-state index contributed by atoms with van der Waals surface area (Å²) in [6.07, 6.45) is 6.10. The second-order valence-corrected chi connectivity index (χ2v) is 9.79. The van der Waals surface area contributed by atoms with Crippen LogP contribution in [0.3, 0.4) is 0 Å². The topological polar surface area (TPSA) is 64.2 Å². The molecule has 1 unspecified atom stereocenters. The van der Waals surface area contributed by atoms with E-state index in [0.717, 1.165) is 46.6 Å². The Kier molecular flexibility index (Phi) is 5.34. The van der Waals surface area contributed by atoms with Crippen molar-refractivity contribution in [1.29, 1.82) is 0 Å². The molecule has 4 heterocycles. The van der Waals surface area contributed by atoms with E-state index >= 15 is 0 Å². The lowest BCUT2D eigenvalue weighted by Crippen LogP contribution is -2.31. The maximum absolute atomic E-state index is 9.58. The largest absolute Gasteiger partial charge is 0.395 e. The van der Waals surface area contributed by atoms with Gasteiger partial charge in [-0.25, -0.2) is 0 Å². The molecule has 33 heavy (non-hydrogen) atoms. The van der Waals surface area contributed by atoms with Crippen molar-refractivity contribution in [2.45, 2.75) is 25.4 Å². The molecule has 3 N–H and O–H groups in total. The Morgan fingerprint density at radius 1 is 1.09 bits per heavy atom. The van der Waals surface area contributed by atoms with Gasteiger partial charge >= 0.3 is 0 Å². The zero-order valence-corrected chi connectivity index (χ0v) is 19.1. The summed E-state index contributed by atoms with van der Waals surface area (Å²) in [5.74, 6) is 0. The number of nitrogens with zero attached hydrogens (tertiary/aromatic N) is 2. The summed E-state index contributed by atoms with van der Waals surface area (Å²) >= 11 is 1.77. The number of H-pyrrole nitrogens is 1. The summed E-state index contributed by atoms with van der Waals surface area (Å²) in [4.78, 5) is 11.5. The molecular formula is C27H26N4OS. The Labute approximate surface area is 196 Å². The first-order chi connectivity index (χ1) is 16.3. The van der Waals surface area contributed by atoms with Crippen LogP contribution >= 0.6 is 11.3 Å². The van der Waals surface area contributed by atoms with Gasteiger partial charge in [0.05, 0.1) is 22.5 Å². The van der Waals surface area contributed by atoms with E-state index in [1.54, 1.807) is 11.3 Å². The van der Waals surface area contributed by atoms with Crippen molar-refractivity contribution in [3.05, 3.63) is 78.6 Å². The molecule has 2 aromatic carbocycles. The SMILES string of the molecule is OCC1CCCN1Cc1ccc(-c2cc3nccc(Nc4ccc5[nH]ccc5c4)c3s2)cc1. The van der Waals surface area contributed by atoms with Crippen LogP contribution in [0.5, 0.6) is 0 Å². The van der Waals surface area contributed by atoms with Crippen LogP contribution in [-0.2, 0) is 6.54 Å². The summed E-state index contributed by atoms with van der Waals surface area (Å²) in [7, 11) is 0. The number of benzene rings is 2. The van der Waals surface area contributed by atoms with Crippen molar-refractivity contribution in [2.75, 3.05) is 18.5 Å². The molecule has 5 aromatic rings. The Balaban J connectivity index is 1.25. The first-order valence-electron chi connectivity index (χ1n) is 11.4. The molecule has 1 aliphatic heterocycles. The van der Waals surface area contributed by atoms with Crippen LogP contribution in [-0.4, -0.2) is 39.2 Å². The molecule has 1 fully saturated rings. The van der Waals surface area contributed by atoms with Crippen molar-refractivity contribution in [2.24, 2.45) is 0 Å². The quantitative estimate of drug-likeness (QED) is 0.288. The summed E-state index contributed by atoms with van der Waals surface area (Å²) in [6.45, 7) is 2.23. The van der Waals surface area contributed by atoms with Crippen LogP contribution in [0.4, 0.5) is 11.4 Å². The van der Waals surface area contributed by atoms with Gasteiger partial charge in [0.15, 0.2) is 0 Å². The number of aromatic amines is 1. The minimum Gasteiger partial charge on any atom is -0.395 e. The number of anilines is 2. The molecule has 0 radical (unpaired) electrons. The number of hydrogen-bond acceptors (Lipinski definition) is 5. The number of aromatic nitrogens is 2. The number of aliphatic hydroxyl groups is 1. The maximum atomic E-state index is 9.58. The average molecular weight is 455 g/mol. The van der Waals surface area contributed by atoms with Gasteiger partial charge in [0.25, 0.3) is 0 Å². The monoisotopic (exact) mass is 454 g/mol. The minimum absolute atomic E-state index is 0.252. The highest BCUT2D eigenvalue weighted by atomic mass is 32.1. The molecule has 0 bridgehead atoms. The third-order valence-electron chi connectivity index (χ3n) is 6.58. The summed E-state index contributed by atoms with van der Waals surface area (Å²) < 4.78 is 1.16. The van der Waals surface area contributed by atoms with Crippen LogP contribution in [0, 0.1) is 0 Å². The third kappa shape index (κ3) is 4.02. The van der Waals surface area contributed by atoms with E-state index in [1.807, 2.05) is 18.5 Å². The zero-order valence-electron chi connectivity index (χ0n) is 18.3. The van der Waals surface area contributed by atoms with Crippen LogP contribution in [0.2, 0.25) is 0 Å². The molecule has 1 atom stereocenters. The Bertz CT molecular complexity index is 1400. The first-order valence-corrected chi connectivity index (χ1v) is 12.3. The van der Waals surface area contributed by atoms with Crippen LogP contribution < -0.4 is 5.32 Å². The minimum atomic E-state index is 0.252. The highest BCUT2D eigenvalue weighted by molar-refractivity contribution is 7.22. The molecule has 6 rings (SSSR count). The second-order valence-electron chi connectivity index (χ2n) is 8.73. The number of likely N-dealkylation sites (tertiary alicyclic amines) is 1. The number of thiophene rings is 1. The molecule has 0 aliphatic carbocycles. The fraction of sp³-hybridized carbons (Fsp3) is 0.222. The zero-order chi connectivity index (χ0) is 22.2. The number of aliphatic hydroxyl groups excluding tert-OH is 1. The van der Waals surface area contributed by atoms with Gasteiger partial charge in [-0.15, -0.1) is 11.3 Å².